The van der Waals surface area contributed by atoms with Gasteiger partial charge in [0.05, 0.1) is 6.07 Å². The van der Waals surface area contributed by atoms with Gasteiger partial charge in [0, 0.05) is 28.4 Å². The number of carbonyl (C=O) groups excluding carboxylic acids is 1. The number of nitrogens with one attached hydrogen (secondary N) is 2. The van der Waals surface area contributed by atoms with Gasteiger partial charge >= 0.3 is 0 Å². The predicted molar refractivity (Wildman–Crippen MR) is 94.4 cm³/mol. The molecule has 0 spiro atoms. The summed E-state index contributed by atoms with van der Waals surface area (Å²) in [5, 5.41) is 13.2. The quantitative estimate of drug-likeness (QED) is 0.565. The number of thiocarbonyl (C=S) groups is 1. The van der Waals surface area contributed by atoms with E-state index in [9.17, 15) is 10.1 Å². The highest BCUT2D eigenvalue weighted by atomic mass is 32.1. The van der Waals surface area contributed by atoms with Crippen molar-refractivity contribution in [3.05, 3.63) is 66.4 Å². The molecule has 2 N–H and O–H groups in total. The van der Waals surface area contributed by atoms with E-state index in [0.717, 1.165) is 16.6 Å². The minimum atomic E-state index is -1.02. The molecule has 0 radical (unpaired) electrons. The summed E-state index contributed by atoms with van der Waals surface area (Å²) < 4.78 is 0. The van der Waals surface area contributed by atoms with Gasteiger partial charge in [-0.05, 0) is 18.2 Å². The first-order chi connectivity index (χ1) is 11.2. The normalized spacial score (nSPS) is 11.6. The molecule has 0 aliphatic carbocycles. The van der Waals surface area contributed by atoms with Crippen LogP contribution in [0, 0.1) is 17.2 Å². The number of H-pyrrole nitrogens is 1. The number of nitrogens with zero attached hydrogens (tertiary/aromatic N) is 1. The Morgan fingerprint density at radius 3 is 2.57 bits per heavy atom. The van der Waals surface area contributed by atoms with Gasteiger partial charge in [-0.3, -0.25) is 4.79 Å². The molecule has 1 aromatic heterocycles. The molecule has 0 saturated carbocycles. The van der Waals surface area contributed by atoms with Crippen LogP contribution in [0.2, 0.25) is 0 Å². The average molecular weight is 319 g/mol. The molecular formula is C18H13N3OS. The van der Waals surface area contributed by atoms with E-state index in [1.54, 1.807) is 6.20 Å². The molecule has 112 valence electrons. The van der Waals surface area contributed by atoms with E-state index in [4.69, 9.17) is 12.2 Å². The van der Waals surface area contributed by atoms with Crippen LogP contribution < -0.4 is 5.32 Å². The van der Waals surface area contributed by atoms with Crippen LogP contribution in [0.15, 0.2) is 60.8 Å². The molecule has 0 saturated heterocycles. The maximum atomic E-state index is 12.7. The van der Waals surface area contributed by atoms with Crippen LogP contribution in [-0.4, -0.2) is 15.8 Å². The molecule has 0 aliphatic rings. The maximum Gasteiger partial charge on any atom is 0.189 e. The Morgan fingerprint density at radius 2 is 1.83 bits per heavy atom. The Bertz CT molecular complexity index is 909. The molecule has 4 nitrogen and oxygen atoms in total. The van der Waals surface area contributed by atoms with E-state index in [0.29, 0.717) is 5.56 Å². The predicted octanol–water partition coefficient (Wildman–Crippen LogP) is 3.93. The third kappa shape index (κ3) is 2.98. The number of aromatic amines is 1. The van der Waals surface area contributed by atoms with E-state index >= 15 is 0 Å². The fourth-order valence-electron chi connectivity index (χ4n) is 2.40. The molecule has 0 bridgehead atoms. The standard InChI is InChI=1S/C18H13N3OS/c19-10-14(18(23)21-12-6-2-1-3-7-12)17(22)15-11-20-16-9-5-4-8-13(15)16/h1-9,11,14,20H,(H,21,23)/t14-/m0/s1. The number of benzene rings is 2. The Labute approximate surface area is 138 Å². The van der Waals surface area contributed by atoms with Crippen LogP contribution in [0.4, 0.5) is 5.69 Å². The molecule has 0 amide bonds. The Kier molecular flexibility index (Phi) is 4.18. The number of para-hydroxylation sites is 2. The van der Waals surface area contributed by atoms with E-state index in [1.807, 2.05) is 60.7 Å². The van der Waals surface area contributed by atoms with Gasteiger partial charge in [0.25, 0.3) is 0 Å². The van der Waals surface area contributed by atoms with Gasteiger partial charge in [0.15, 0.2) is 11.7 Å². The molecule has 1 heterocycles. The summed E-state index contributed by atoms with van der Waals surface area (Å²) >= 11 is 5.26. The molecule has 1 atom stereocenters. The number of anilines is 1. The van der Waals surface area contributed by atoms with Gasteiger partial charge < -0.3 is 10.3 Å². The van der Waals surface area contributed by atoms with Crippen molar-refractivity contribution in [3.63, 3.8) is 0 Å². The van der Waals surface area contributed by atoms with Crippen molar-refractivity contribution in [1.82, 2.24) is 4.98 Å². The second-order valence-corrected chi connectivity index (χ2v) is 5.47. The van der Waals surface area contributed by atoms with Crippen LogP contribution >= 0.6 is 12.2 Å². The zero-order valence-corrected chi connectivity index (χ0v) is 12.9. The van der Waals surface area contributed by atoms with Crippen molar-refractivity contribution in [1.29, 1.82) is 5.26 Å². The molecule has 3 rings (SSSR count). The molecule has 0 fully saturated rings. The molecule has 23 heavy (non-hydrogen) atoms. The van der Waals surface area contributed by atoms with Gasteiger partial charge in [0.2, 0.25) is 0 Å². The van der Waals surface area contributed by atoms with Gasteiger partial charge in [-0.1, -0.05) is 48.6 Å². The minimum absolute atomic E-state index is 0.203. The Balaban J connectivity index is 1.87. The van der Waals surface area contributed by atoms with Crippen LogP contribution in [0.25, 0.3) is 10.9 Å². The second-order valence-electron chi connectivity index (χ2n) is 5.03. The third-order valence-corrected chi connectivity index (χ3v) is 3.89. The zero-order valence-electron chi connectivity index (χ0n) is 12.1. The first-order valence-electron chi connectivity index (χ1n) is 7.06. The Morgan fingerprint density at radius 1 is 1.13 bits per heavy atom. The smallest absolute Gasteiger partial charge is 0.189 e. The lowest BCUT2D eigenvalue weighted by atomic mass is 9.98. The molecule has 3 aromatic rings. The largest absolute Gasteiger partial charge is 0.360 e. The lowest BCUT2D eigenvalue weighted by Crippen LogP contribution is -2.27. The highest BCUT2D eigenvalue weighted by molar-refractivity contribution is 7.80. The van der Waals surface area contributed by atoms with Crippen LogP contribution in [0.5, 0.6) is 0 Å². The number of hydrogen-bond donors (Lipinski definition) is 2. The SMILES string of the molecule is N#C[C@@H](C(=O)c1c[nH]c2ccccc12)C(=S)Nc1ccccc1. The minimum Gasteiger partial charge on any atom is -0.360 e. The summed E-state index contributed by atoms with van der Waals surface area (Å²) in [5.41, 5.74) is 2.09. The number of carbonyl (C=O) groups is 1. The second kappa shape index (κ2) is 6.42. The van der Waals surface area contributed by atoms with Gasteiger partial charge in [-0.15, -0.1) is 0 Å². The molecule has 0 unspecified atom stereocenters. The average Bonchev–Trinajstić information content (AvgIpc) is 3.00. The molecule has 0 aliphatic heterocycles. The van der Waals surface area contributed by atoms with E-state index in [-0.39, 0.29) is 10.8 Å². The first-order valence-corrected chi connectivity index (χ1v) is 7.47. The summed E-state index contributed by atoms with van der Waals surface area (Å²) in [6.07, 6.45) is 1.63. The summed E-state index contributed by atoms with van der Waals surface area (Å²) in [4.78, 5) is 16.0. The zero-order chi connectivity index (χ0) is 16.2. The Hall–Kier alpha value is -2.97. The summed E-state index contributed by atoms with van der Waals surface area (Å²) in [5.74, 6) is -1.33. The molecule has 2 aromatic carbocycles. The van der Waals surface area contributed by atoms with Crippen LogP contribution in [0.3, 0.4) is 0 Å². The lowest BCUT2D eigenvalue weighted by Gasteiger charge is -2.12. The number of rotatable bonds is 4. The lowest BCUT2D eigenvalue weighted by molar-refractivity contribution is 0.0977. The topological polar surface area (TPSA) is 68.7 Å². The van der Waals surface area contributed by atoms with Crippen molar-refractivity contribution in [2.75, 3.05) is 5.32 Å². The van der Waals surface area contributed by atoms with Crippen LogP contribution in [-0.2, 0) is 0 Å². The number of hydrogen-bond acceptors (Lipinski definition) is 3. The van der Waals surface area contributed by atoms with Crippen molar-refractivity contribution in [2.24, 2.45) is 5.92 Å². The van der Waals surface area contributed by atoms with E-state index in [1.165, 1.54) is 0 Å². The number of aromatic nitrogens is 1. The highest BCUT2D eigenvalue weighted by Crippen LogP contribution is 2.22. The summed E-state index contributed by atoms with van der Waals surface area (Å²) in [6.45, 7) is 0. The fraction of sp³-hybridized carbons (Fsp3) is 0.0556. The molecular weight excluding hydrogens is 306 g/mol. The maximum absolute atomic E-state index is 12.7. The van der Waals surface area contributed by atoms with Crippen molar-refractivity contribution < 1.29 is 4.79 Å². The summed E-state index contributed by atoms with van der Waals surface area (Å²) in [6, 6.07) is 18.7. The third-order valence-electron chi connectivity index (χ3n) is 3.55. The fourth-order valence-corrected chi connectivity index (χ4v) is 2.68. The van der Waals surface area contributed by atoms with Crippen molar-refractivity contribution >= 4 is 39.6 Å². The van der Waals surface area contributed by atoms with Gasteiger partial charge in [0.1, 0.15) is 4.99 Å². The number of fused-ring (bicyclic) bond motifs is 1. The van der Waals surface area contributed by atoms with Crippen LogP contribution in [0.1, 0.15) is 10.4 Å². The summed E-state index contributed by atoms with van der Waals surface area (Å²) in [7, 11) is 0. The first kappa shape index (κ1) is 14.9. The van der Waals surface area contributed by atoms with Gasteiger partial charge in [-0.25, -0.2) is 0 Å². The molecule has 5 heteroatoms. The number of ketones is 1. The van der Waals surface area contributed by atoms with E-state index < -0.39 is 5.92 Å². The number of nitriles is 1. The van der Waals surface area contributed by atoms with Crippen molar-refractivity contribution in [2.45, 2.75) is 0 Å². The van der Waals surface area contributed by atoms with E-state index in [2.05, 4.69) is 10.3 Å². The monoisotopic (exact) mass is 319 g/mol. The number of Topliss-reactive ketones (excluding diaryl/α,β-unsaturated/α-hetero) is 1. The van der Waals surface area contributed by atoms with Crippen molar-refractivity contribution in [3.8, 4) is 6.07 Å². The van der Waals surface area contributed by atoms with Gasteiger partial charge in [-0.2, -0.15) is 5.26 Å². The highest BCUT2D eigenvalue weighted by Gasteiger charge is 2.26.